The van der Waals surface area contributed by atoms with Crippen molar-refractivity contribution in [2.24, 2.45) is 5.41 Å². The maximum absolute atomic E-state index is 11.9. The number of carboxylic acid groups (broad SMARTS) is 1. The Morgan fingerprint density at radius 1 is 1.44 bits per heavy atom. The van der Waals surface area contributed by atoms with Gasteiger partial charge in [-0.3, -0.25) is 9.59 Å². The van der Waals surface area contributed by atoms with Crippen molar-refractivity contribution < 1.29 is 19.4 Å². The van der Waals surface area contributed by atoms with Crippen LogP contribution in [0.15, 0.2) is 18.2 Å². The Bertz CT molecular complexity index is 511. The highest BCUT2D eigenvalue weighted by atomic mass is 35.5. The van der Waals surface area contributed by atoms with E-state index < -0.39 is 17.3 Å². The van der Waals surface area contributed by atoms with Gasteiger partial charge in [-0.05, 0) is 24.6 Å². The SMILES string of the molecule is Cc1ccc(NC(=O)C2(C(=O)O)COC2)cc1Cl. The number of benzene rings is 1. The van der Waals surface area contributed by atoms with E-state index in [1.54, 1.807) is 18.2 Å². The van der Waals surface area contributed by atoms with E-state index in [2.05, 4.69) is 5.32 Å². The van der Waals surface area contributed by atoms with Crippen molar-refractivity contribution in [3.8, 4) is 0 Å². The van der Waals surface area contributed by atoms with Crippen molar-refractivity contribution >= 4 is 29.2 Å². The van der Waals surface area contributed by atoms with E-state index in [9.17, 15) is 9.59 Å². The molecule has 0 spiro atoms. The maximum atomic E-state index is 11.9. The lowest BCUT2D eigenvalue weighted by atomic mass is 9.85. The molecule has 0 saturated carbocycles. The average Bonchev–Trinajstić information content (AvgIpc) is 2.21. The molecule has 96 valence electrons. The number of halogens is 1. The number of hydrogen-bond donors (Lipinski definition) is 2. The van der Waals surface area contributed by atoms with E-state index in [1.165, 1.54) is 0 Å². The number of rotatable bonds is 3. The highest BCUT2D eigenvalue weighted by Gasteiger charge is 2.53. The van der Waals surface area contributed by atoms with Gasteiger partial charge < -0.3 is 15.2 Å². The fraction of sp³-hybridized carbons (Fsp3) is 0.333. The molecule has 1 fully saturated rings. The van der Waals surface area contributed by atoms with Crippen molar-refractivity contribution in [2.45, 2.75) is 6.92 Å². The number of carboxylic acids is 1. The van der Waals surface area contributed by atoms with Crippen LogP contribution in [0, 0.1) is 12.3 Å². The Morgan fingerprint density at radius 2 is 2.11 bits per heavy atom. The smallest absolute Gasteiger partial charge is 0.324 e. The topological polar surface area (TPSA) is 75.6 Å². The van der Waals surface area contributed by atoms with Gasteiger partial charge in [-0.15, -0.1) is 0 Å². The standard InChI is InChI=1S/C12H12ClNO4/c1-7-2-3-8(4-9(7)13)14-10(15)12(11(16)17)5-18-6-12/h2-4H,5-6H2,1H3,(H,14,15)(H,16,17). The van der Waals surface area contributed by atoms with Crippen LogP contribution < -0.4 is 5.32 Å². The predicted octanol–water partition coefficient (Wildman–Crippen LogP) is 1.69. The molecule has 1 heterocycles. The fourth-order valence-corrected chi connectivity index (χ4v) is 1.76. The summed E-state index contributed by atoms with van der Waals surface area (Å²) in [7, 11) is 0. The molecule has 1 amide bonds. The second-order valence-corrected chi connectivity index (χ2v) is 4.71. The summed E-state index contributed by atoms with van der Waals surface area (Å²) >= 11 is 5.93. The Kier molecular flexibility index (Phi) is 3.28. The van der Waals surface area contributed by atoms with Crippen LogP contribution in [0.2, 0.25) is 5.02 Å². The van der Waals surface area contributed by atoms with Gasteiger partial charge in [0, 0.05) is 10.7 Å². The van der Waals surface area contributed by atoms with Gasteiger partial charge in [0.15, 0.2) is 5.41 Å². The van der Waals surface area contributed by atoms with Crippen molar-refractivity contribution in [1.82, 2.24) is 0 Å². The number of anilines is 1. The number of carbonyl (C=O) groups is 2. The van der Waals surface area contributed by atoms with E-state index in [0.29, 0.717) is 10.7 Å². The third-order valence-corrected chi connectivity index (χ3v) is 3.38. The first-order chi connectivity index (χ1) is 8.45. The quantitative estimate of drug-likeness (QED) is 0.819. The van der Waals surface area contributed by atoms with Crippen LogP contribution in [-0.2, 0) is 14.3 Å². The number of ether oxygens (including phenoxy) is 1. The third kappa shape index (κ3) is 2.07. The molecule has 1 saturated heterocycles. The minimum Gasteiger partial charge on any atom is -0.480 e. The molecule has 0 radical (unpaired) electrons. The van der Waals surface area contributed by atoms with Crippen LogP contribution in [-0.4, -0.2) is 30.2 Å². The number of hydrogen-bond acceptors (Lipinski definition) is 3. The molecule has 0 aliphatic carbocycles. The van der Waals surface area contributed by atoms with Crippen molar-refractivity contribution in [3.05, 3.63) is 28.8 Å². The Morgan fingerprint density at radius 3 is 2.56 bits per heavy atom. The van der Waals surface area contributed by atoms with Crippen LogP contribution in [0.1, 0.15) is 5.56 Å². The molecule has 2 N–H and O–H groups in total. The highest BCUT2D eigenvalue weighted by Crippen LogP contribution is 2.30. The van der Waals surface area contributed by atoms with Gasteiger partial charge in [-0.1, -0.05) is 17.7 Å². The Balaban J connectivity index is 2.16. The van der Waals surface area contributed by atoms with Gasteiger partial charge in [0.2, 0.25) is 5.91 Å². The summed E-state index contributed by atoms with van der Waals surface area (Å²) in [6.07, 6.45) is 0. The van der Waals surface area contributed by atoms with Gasteiger partial charge in [-0.25, -0.2) is 0 Å². The molecule has 18 heavy (non-hydrogen) atoms. The summed E-state index contributed by atoms with van der Waals surface area (Å²) in [6.45, 7) is 1.63. The van der Waals surface area contributed by atoms with Gasteiger partial charge >= 0.3 is 5.97 Å². The third-order valence-electron chi connectivity index (χ3n) is 2.97. The number of amides is 1. The molecular weight excluding hydrogens is 258 g/mol. The summed E-state index contributed by atoms with van der Waals surface area (Å²) in [5.41, 5.74) is -0.116. The lowest BCUT2D eigenvalue weighted by Crippen LogP contribution is -2.57. The molecule has 6 heteroatoms. The molecule has 0 atom stereocenters. The second-order valence-electron chi connectivity index (χ2n) is 4.30. The second kappa shape index (κ2) is 4.59. The van der Waals surface area contributed by atoms with Crippen molar-refractivity contribution in [1.29, 1.82) is 0 Å². The normalized spacial score (nSPS) is 16.8. The number of aryl methyl sites for hydroxylation is 1. The van der Waals surface area contributed by atoms with E-state index in [4.69, 9.17) is 21.4 Å². The van der Waals surface area contributed by atoms with Crippen LogP contribution in [0.4, 0.5) is 5.69 Å². The number of carbonyl (C=O) groups excluding carboxylic acids is 1. The largest absolute Gasteiger partial charge is 0.480 e. The lowest BCUT2D eigenvalue weighted by molar-refractivity contribution is -0.182. The molecule has 0 unspecified atom stereocenters. The predicted molar refractivity (Wildman–Crippen MR) is 65.7 cm³/mol. The van der Waals surface area contributed by atoms with Crippen molar-refractivity contribution in [2.75, 3.05) is 18.5 Å². The first-order valence-electron chi connectivity index (χ1n) is 5.34. The molecule has 1 aromatic carbocycles. The summed E-state index contributed by atoms with van der Waals surface area (Å²) in [5.74, 6) is -1.76. The first kappa shape index (κ1) is 12.9. The van der Waals surface area contributed by atoms with E-state index in [1.807, 2.05) is 6.92 Å². The molecule has 1 aliphatic rings. The van der Waals surface area contributed by atoms with Crippen LogP contribution in [0.3, 0.4) is 0 Å². The molecule has 2 rings (SSSR count). The average molecular weight is 270 g/mol. The molecular formula is C12H12ClNO4. The number of aliphatic carboxylic acids is 1. The Labute approximate surface area is 109 Å². The first-order valence-corrected chi connectivity index (χ1v) is 5.72. The summed E-state index contributed by atoms with van der Waals surface area (Å²) < 4.78 is 4.83. The number of nitrogens with one attached hydrogen (secondary N) is 1. The zero-order valence-corrected chi connectivity index (χ0v) is 10.5. The van der Waals surface area contributed by atoms with E-state index in [-0.39, 0.29) is 13.2 Å². The van der Waals surface area contributed by atoms with Crippen LogP contribution >= 0.6 is 11.6 Å². The summed E-state index contributed by atoms with van der Waals surface area (Å²) in [5, 5.41) is 12.1. The molecule has 1 aromatic rings. The van der Waals surface area contributed by atoms with Gasteiger partial charge in [0.05, 0.1) is 13.2 Å². The van der Waals surface area contributed by atoms with Gasteiger partial charge in [0.1, 0.15) is 0 Å². The van der Waals surface area contributed by atoms with Crippen LogP contribution in [0.25, 0.3) is 0 Å². The summed E-state index contributed by atoms with van der Waals surface area (Å²) in [6, 6.07) is 5.01. The van der Waals surface area contributed by atoms with Gasteiger partial charge in [0.25, 0.3) is 0 Å². The minimum atomic E-state index is -1.47. The maximum Gasteiger partial charge on any atom is 0.324 e. The zero-order valence-electron chi connectivity index (χ0n) is 9.70. The zero-order chi connectivity index (χ0) is 13.3. The molecule has 1 aliphatic heterocycles. The lowest BCUT2D eigenvalue weighted by Gasteiger charge is -2.35. The van der Waals surface area contributed by atoms with Crippen LogP contribution in [0.5, 0.6) is 0 Å². The molecule has 0 bridgehead atoms. The Hall–Kier alpha value is -1.59. The highest BCUT2D eigenvalue weighted by molar-refractivity contribution is 6.31. The minimum absolute atomic E-state index is 0.103. The monoisotopic (exact) mass is 269 g/mol. The van der Waals surface area contributed by atoms with E-state index in [0.717, 1.165) is 5.56 Å². The fourth-order valence-electron chi connectivity index (χ4n) is 1.58. The van der Waals surface area contributed by atoms with Gasteiger partial charge in [-0.2, -0.15) is 0 Å². The summed E-state index contributed by atoms with van der Waals surface area (Å²) in [4.78, 5) is 23.0. The van der Waals surface area contributed by atoms with Crippen molar-refractivity contribution in [3.63, 3.8) is 0 Å². The molecule has 0 aromatic heterocycles. The molecule has 5 nitrogen and oxygen atoms in total. The van der Waals surface area contributed by atoms with E-state index >= 15 is 0 Å².